The van der Waals surface area contributed by atoms with Crippen LogP contribution in [0.5, 0.6) is 5.75 Å². The van der Waals surface area contributed by atoms with E-state index in [1.807, 2.05) is 56.6 Å². The number of hydrogen-bond acceptors (Lipinski definition) is 3. The van der Waals surface area contributed by atoms with E-state index in [2.05, 4.69) is 17.0 Å². The van der Waals surface area contributed by atoms with Crippen molar-refractivity contribution in [3.63, 3.8) is 0 Å². The van der Waals surface area contributed by atoms with Crippen molar-refractivity contribution >= 4 is 0 Å². The summed E-state index contributed by atoms with van der Waals surface area (Å²) in [7, 11) is 5.72. The van der Waals surface area contributed by atoms with Crippen molar-refractivity contribution in [3.05, 3.63) is 65.7 Å². The number of ether oxygens (including phenoxy) is 1. The van der Waals surface area contributed by atoms with Crippen molar-refractivity contribution in [1.82, 2.24) is 4.90 Å². The number of aryl methyl sites for hydroxylation is 1. The van der Waals surface area contributed by atoms with Crippen LogP contribution in [0.2, 0.25) is 0 Å². The van der Waals surface area contributed by atoms with E-state index >= 15 is 0 Å². The lowest BCUT2D eigenvalue weighted by Gasteiger charge is -2.30. The fraction of sp³-hybridized carbons (Fsp3) is 0.400. The molecule has 0 radical (unpaired) electrons. The first-order valence-electron chi connectivity index (χ1n) is 8.09. The molecular weight excluding hydrogens is 286 g/mol. The Balaban J connectivity index is 2.16. The zero-order valence-corrected chi connectivity index (χ0v) is 14.3. The first kappa shape index (κ1) is 17.5. The summed E-state index contributed by atoms with van der Waals surface area (Å²) in [5.41, 5.74) is 1.38. The summed E-state index contributed by atoms with van der Waals surface area (Å²) in [6, 6.07) is 18.1. The van der Waals surface area contributed by atoms with Crippen LogP contribution in [0.4, 0.5) is 0 Å². The summed E-state index contributed by atoms with van der Waals surface area (Å²) in [6.07, 6.45) is 2.27. The topological polar surface area (TPSA) is 32.7 Å². The van der Waals surface area contributed by atoms with Gasteiger partial charge in [-0.3, -0.25) is 0 Å². The molecule has 0 saturated heterocycles. The SMILES string of the molecule is COc1ccc([C@@](O)(CCc2ccccc2)CCN(C)C)cc1. The Labute approximate surface area is 139 Å². The highest BCUT2D eigenvalue weighted by Crippen LogP contribution is 2.31. The molecule has 1 N–H and O–H groups in total. The van der Waals surface area contributed by atoms with Gasteiger partial charge in [-0.1, -0.05) is 42.5 Å². The number of benzene rings is 2. The molecule has 2 aromatic rings. The van der Waals surface area contributed by atoms with Gasteiger partial charge in [0, 0.05) is 6.54 Å². The van der Waals surface area contributed by atoms with Crippen LogP contribution in [-0.2, 0) is 12.0 Å². The third-order valence-corrected chi connectivity index (χ3v) is 4.27. The maximum Gasteiger partial charge on any atom is 0.118 e. The van der Waals surface area contributed by atoms with Crippen LogP contribution in [0, 0.1) is 0 Å². The van der Waals surface area contributed by atoms with Crippen LogP contribution >= 0.6 is 0 Å². The van der Waals surface area contributed by atoms with Gasteiger partial charge in [0.15, 0.2) is 0 Å². The number of hydrogen-bond donors (Lipinski definition) is 1. The summed E-state index contributed by atoms with van der Waals surface area (Å²) >= 11 is 0. The fourth-order valence-corrected chi connectivity index (χ4v) is 2.72. The molecular formula is C20H27NO2. The zero-order chi connectivity index (χ0) is 16.7. The van der Waals surface area contributed by atoms with Gasteiger partial charge in [0.25, 0.3) is 0 Å². The van der Waals surface area contributed by atoms with Crippen LogP contribution in [0.1, 0.15) is 24.0 Å². The van der Waals surface area contributed by atoms with E-state index in [1.165, 1.54) is 5.56 Å². The Morgan fingerprint density at radius 2 is 1.61 bits per heavy atom. The van der Waals surface area contributed by atoms with E-state index in [0.717, 1.165) is 24.3 Å². The highest BCUT2D eigenvalue weighted by atomic mass is 16.5. The minimum absolute atomic E-state index is 0.706. The second-order valence-corrected chi connectivity index (χ2v) is 6.30. The van der Waals surface area contributed by atoms with Gasteiger partial charge in [-0.25, -0.2) is 0 Å². The molecule has 0 aliphatic rings. The number of methoxy groups -OCH3 is 1. The summed E-state index contributed by atoms with van der Waals surface area (Å²) < 4.78 is 5.22. The van der Waals surface area contributed by atoms with Gasteiger partial charge in [-0.05, 0) is 56.6 Å². The Morgan fingerprint density at radius 3 is 2.17 bits per heavy atom. The van der Waals surface area contributed by atoms with E-state index in [9.17, 15) is 5.11 Å². The molecule has 3 nitrogen and oxygen atoms in total. The number of aliphatic hydroxyl groups is 1. The maximum atomic E-state index is 11.3. The summed E-state index contributed by atoms with van der Waals surface area (Å²) in [5.74, 6) is 0.812. The molecule has 0 fully saturated rings. The van der Waals surface area contributed by atoms with Crippen LogP contribution in [0.25, 0.3) is 0 Å². The average Bonchev–Trinajstić information content (AvgIpc) is 2.59. The molecule has 0 unspecified atom stereocenters. The van der Waals surface area contributed by atoms with Crippen LogP contribution in [-0.4, -0.2) is 37.8 Å². The predicted molar refractivity (Wildman–Crippen MR) is 94.8 cm³/mol. The standard InChI is InChI=1S/C20H27NO2/c1-21(2)16-15-20(22,14-13-17-7-5-4-6-8-17)18-9-11-19(23-3)12-10-18/h4-12,22H,13-16H2,1-3H3/t20-/m1/s1. The molecule has 0 spiro atoms. The zero-order valence-electron chi connectivity index (χ0n) is 14.3. The normalized spacial score (nSPS) is 13.8. The molecule has 1 atom stereocenters. The first-order chi connectivity index (χ1) is 11.0. The van der Waals surface area contributed by atoms with E-state index in [1.54, 1.807) is 7.11 Å². The van der Waals surface area contributed by atoms with Gasteiger partial charge in [0.05, 0.1) is 12.7 Å². The molecule has 0 aliphatic heterocycles. The third kappa shape index (κ3) is 5.08. The van der Waals surface area contributed by atoms with E-state index in [-0.39, 0.29) is 0 Å². The molecule has 0 saturated carbocycles. The Kier molecular flexibility index (Phi) is 6.20. The molecule has 124 valence electrons. The van der Waals surface area contributed by atoms with Crippen LogP contribution < -0.4 is 4.74 Å². The van der Waals surface area contributed by atoms with Crippen molar-refractivity contribution in [2.75, 3.05) is 27.7 Å². The minimum Gasteiger partial charge on any atom is -0.497 e. The van der Waals surface area contributed by atoms with Gasteiger partial charge in [-0.15, -0.1) is 0 Å². The Bertz CT molecular complexity index is 580. The summed E-state index contributed by atoms with van der Waals surface area (Å²) in [5, 5.41) is 11.3. The molecule has 2 rings (SSSR count). The highest BCUT2D eigenvalue weighted by Gasteiger charge is 2.28. The van der Waals surface area contributed by atoms with E-state index in [4.69, 9.17) is 4.74 Å². The quantitative estimate of drug-likeness (QED) is 0.810. The average molecular weight is 313 g/mol. The lowest BCUT2D eigenvalue weighted by Crippen LogP contribution is -2.31. The second-order valence-electron chi connectivity index (χ2n) is 6.30. The van der Waals surface area contributed by atoms with Gasteiger partial charge in [-0.2, -0.15) is 0 Å². The molecule has 0 aliphatic carbocycles. The largest absolute Gasteiger partial charge is 0.497 e. The predicted octanol–water partition coefficient (Wildman–Crippen LogP) is 3.47. The van der Waals surface area contributed by atoms with Gasteiger partial charge >= 0.3 is 0 Å². The van der Waals surface area contributed by atoms with Crippen molar-refractivity contribution in [2.45, 2.75) is 24.9 Å². The highest BCUT2D eigenvalue weighted by molar-refractivity contribution is 5.31. The lowest BCUT2D eigenvalue weighted by molar-refractivity contribution is 0.0126. The van der Waals surface area contributed by atoms with Crippen molar-refractivity contribution < 1.29 is 9.84 Å². The second kappa shape index (κ2) is 8.14. The summed E-state index contributed by atoms with van der Waals surface area (Å²) in [6.45, 7) is 0.845. The van der Waals surface area contributed by atoms with Gasteiger partial charge in [0.2, 0.25) is 0 Å². The minimum atomic E-state index is -0.827. The molecule has 3 heteroatoms. The Hall–Kier alpha value is -1.84. The molecule has 2 aromatic carbocycles. The van der Waals surface area contributed by atoms with E-state index in [0.29, 0.717) is 12.8 Å². The smallest absolute Gasteiger partial charge is 0.118 e. The van der Waals surface area contributed by atoms with Gasteiger partial charge in [0.1, 0.15) is 5.75 Å². The fourth-order valence-electron chi connectivity index (χ4n) is 2.72. The lowest BCUT2D eigenvalue weighted by atomic mass is 9.84. The third-order valence-electron chi connectivity index (χ3n) is 4.27. The van der Waals surface area contributed by atoms with E-state index < -0.39 is 5.60 Å². The van der Waals surface area contributed by atoms with Crippen LogP contribution in [0.3, 0.4) is 0 Å². The van der Waals surface area contributed by atoms with Crippen molar-refractivity contribution in [1.29, 1.82) is 0 Å². The van der Waals surface area contributed by atoms with Crippen molar-refractivity contribution in [2.24, 2.45) is 0 Å². The first-order valence-corrected chi connectivity index (χ1v) is 8.09. The molecule has 0 heterocycles. The summed E-state index contributed by atoms with van der Waals surface area (Å²) in [4.78, 5) is 2.11. The molecule has 0 amide bonds. The Morgan fingerprint density at radius 1 is 0.957 bits per heavy atom. The van der Waals surface area contributed by atoms with Crippen molar-refractivity contribution in [3.8, 4) is 5.75 Å². The van der Waals surface area contributed by atoms with Crippen LogP contribution in [0.15, 0.2) is 54.6 Å². The molecule has 23 heavy (non-hydrogen) atoms. The number of rotatable bonds is 8. The molecule has 0 aromatic heterocycles. The maximum absolute atomic E-state index is 11.3. The monoisotopic (exact) mass is 313 g/mol. The van der Waals surface area contributed by atoms with Gasteiger partial charge < -0.3 is 14.7 Å². The molecule has 0 bridgehead atoms. The number of nitrogens with zero attached hydrogens (tertiary/aromatic N) is 1.